The molecule has 1 atom stereocenters. The minimum absolute atomic E-state index is 0.0827. The van der Waals surface area contributed by atoms with Gasteiger partial charge < -0.3 is 20.7 Å². The third-order valence-corrected chi connectivity index (χ3v) is 4.63. The van der Waals surface area contributed by atoms with Crippen LogP contribution < -0.4 is 11.1 Å². The van der Waals surface area contributed by atoms with Crippen molar-refractivity contribution in [1.29, 1.82) is 0 Å². The quantitative estimate of drug-likeness (QED) is 0.804. The summed E-state index contributed by atoms with van der Waals surface area (Å²) in [6.07, 6.45) is 0.502. The molecule has 2 rings (SSSR count). The molecule has 1 aliphatic heterocycles. The monoisotopic (exact) mass is 361 g/mol. The molecule has 26 heavy (non-hydrogen) atoms. The maximum atomic E-state index is 12.8. The Kier molecular flexibility index (Phi) is 7.00. The van der Waals surface area contributed by atoms with Crippen LogP contribution in [0.25, 0.3) is 0 Å². The molecule has 1 unspecified atom stereocenters. The van der Waals surface area contributed by atoms with Gasteiger partial charge >= 0.3 is 6.09 Å². The fourth-order valence-electron chi connectivity index (χ4n) is 2.99. The van der Waals surface area contributed by atoms with E-state index in [0.717, 1.165) is 5.56 Å². The van der Waals surface area contributed by atoms with Crippen molar-refractivity contribution in [3.8, 4) is 0 Å². The molecule has 142 valence electrons. The second kappa shape index (κ2) is 9.22. The Balaban J connectivity index is 1.88. The molecule has 7 nitrogen and oxygen atoms in total. The lowest BCUT2D eigenvalue weighted by Gasteiger charge is -2.34. The first-order chi connectivity index (χ1) is 12.4. The van der Waals surface area contributed by atoms with Crippen LogP contribution in [0.4, 0.5) is 4.79 Å². The first kappa shape index (κ1) is 19.8. The van der Waals surface area contributed by atoms with Crippen LogP contribution in [0, 0.1) is 11.8 Å². The van der Waals surface area contributed by atoms with Gasteiger partial charge in [-0.1, -0.05) is 44.2 Å². The smallest absolute Gasteiger partial charge is 0.408 e. The highest BCUT2D eigenvalue weighted by Crippen LogP contribution is 2.18. The van der Waals surface area contributed by atoms with E-state index in [1.807, 2.05) is 44.2 Å². The van der Waals surface area contributed by atoms with Crippen LogP contribution >= 0.6 is 0 Å². The number of benzene rings is 1. The molecular formula is C19H27N3O4. The van der Waals surface area contributed by atoms with E-state index in [4.69, 9.17) is 10.5 Å². The van der Waals surface area contributed by atoms with Crippen molar-refractivity contribution >= 4 is 17.9 Å². The van der Waals surface area contributed by atoms with Crippen LogP contribution in [-0.2, 0) is 20.9 Å². The van der Waals surface area contributed by atoms with Crippen molar-refractivity contribution in [3.05, 3.63) is 35.9 Å². The largest absolute Gasteiger partial charge is 0.445 e. The lowest BCUT2D eigenvalue weighted by atomic mass is 9.94. The highest BCUT2D eigenvalue weighted by molar-refractivity contribution is 5.86. The zero-order chi connectivity index (χ0) is 19.1. The van der Waals surface area contributed by atoms with E-state index >= 15 is 0 Å². The van der Waals surface area contributed by atoms with Gasteiger partial charge in [-0.05, 0) is 24.3 Å². The van der Waals surface area contributed by atoms with E-state index in [-0.39, 0.29) is 30.3 Å². The summed E-state index contributed by atoms with van der Waals surface area (Å²) in [6.45, 7) is 4.83. The van der Waals surface area contributed by atoms with Crippen molar-refractivity contribution in [2.24, 2.45) is 17.6 Å². The van der Waals surface area contributed by atoms with Crippen molar-refractivity contribution in [1.82, 2.24) is 10.2 Å². The summed E-state index contributed by atoms with van der Waals surface area (Å²) < 4.78 is 5.21. The van der Waals surface area contributed by atoms with Crippen molar-refractivity contribution in [2.45, 2.75) is 39.3 Å². The Morgan fingerprint density at radius 3 is 2.35 bits per heavy atom. The number of carbonyl (C=O) groups excluding carboxylic acids is 3. The highest BCUT2D eigenvalue weighted by atomic mass is 16.5. The van der Waals surface area contributed by atoms with E-state index in [9.17, 15) is 14.4 Å². The number of ether oxygens (including phenoxy) is 1. The number of likely N-dealkylation sites (tertiary alicyclic amines) is 1. The number of alkyl carbamates (subject to hydrolysis) is 1. The van der Waals surface area contributed by atoms with Crippen LogP contribution in [0.2, 0.25) is 0 Å². The number of primary amides is 1. The second-order valence-electron chi connectivity index (χ2n) is 6.93. The number of piperidine rings is 1. The molecule has 0 radical (unpaired) electrons. The molecule has 1 fully saturated rings. The van der Waals surface area contributed by atoms with Gasteiger partial charge in [0.05, 0.1) is 0 Å². The average molecular weight is 361 g/mol. The van der Waals surface area contributed by atoms with Gasteiger partial charge in [0.2, 0.25) is 11.8 Å². The van der Waals surface area contributed by atoms with Crippen molar-refractivity contribution in [3.63, 3.8) is 0 Å². The number of rotatable bonds is 6. The average Bonchev–Trinajstić information content (AvgIpc) is 2.64. The predicted molar refractivity (Wildman–Crippen MR) is 96.9 cm³/mol. The summed E-state index contributed by atoms with van der Waals surface area (Å²) in [5, 5.41) is 2.67. The van der Waals surface area contributed by atoms with E-state index in [0.29, 0.717) is 25.9 Å². The Morgan fingerprint density at radius 1 is 1.19 bits per heavy atom. The number of nitrogens with two attached hydrogens (primary N) is 1. The van der Waals surface area contributed by atoms with Crippen molar-refractivity contribution < 1.29 is 19.1 Å². The summed E-state index contributed by atoms with van der Waals surface area (Å²) in [5.41, 5.74) is 6.21. The van der Waals surface area contributed by atoms with Crippen LogP contribution in [0.3, 0.4) is 0 Å². The van der Waals surface area contributed by atoms with Gasteiger partial charge in [-0.2, -0.15) is 0 Å². The standard InChI is InChI=1S/C19H27N3O4/c1-13(2)16(18(24)22-10-8-15(9-11-22)17(20)23)21-19(25)26-12-14-6-4-3-5-7-14/h3-7,13,15-16H,8-12H2,1-2H3,(H2,20,23)(H,21,25). The lowest BCUT2D eigenvalue weighted by molar-refractivity contribution is -0.137. The molecule has 0 saturated carbocycles. The van der Waals surface area contributed by atoms with Gasteiger partial charge in [-0.3, -0.25) is 9.59 Å². The number of carbonyl (C=O) groups is 3. The van der Waals surface area contributed by atoms with Gasteiger partial charge in [0, 0.05) is 19.0 Å². The minimum atomic E-state index is -0.664. The van der Waals surface area contributed by atoms with E-state index in [1.165, 1.54) is 0 Å². The molecule has 0 aliphatic carbocycles. The normalized spacial score (nSPS) is 16.2. The van der Waals surface area contributed by atoms with Crippen LogP contribution in [0.15, 0.2) is 30.3 Å². The van der Waals surface area contributed by atoms with Crippen molar-refractivity contribution in [2.75, 3.05) is 13.1 Å². The van der Waals surface area contributed by atoms with Gasteiger partial charge in [-0.15, -0.1) is 0 Å². The number of hydrogen-bond acceptors (Lipinski definition) is 4. The molecule has 0 spiro atoms. The van der Waals surface area contributed by atoms with E-state index in [2.05, 4.69) is 5.32 Å². The van der Waals surface area contributed by atoms with Gasteiger partial charge in [0.25, 0.3) is 0 Å². The minimum Gasteiger partial charge on any atom is -0.445 e. The number of amides is 3. The summed E-state index contributed by atoms with van der Waals surface area (Å²) in [4.78, 5) is 37.8. The van der Waals surface area contributed by atoms with Gasteiger partial charge in [0.1, 0.15) is 12.6 Å². The SMILES string of the molecule is CC(C)C(NC(=O)OCc1ccccc1)C(=O)N1CCC(C(N)=O)CC1. The van der Waals surface area contributed by atoms with Crippen LogP contribution in [0.1, 0.15) is 32.3 Å². The second-order valence-corrected chi connectivity index (χ2v) is 6.93. The molecule has 3 amide bonds. The lowest BCUT2D eigenvalue weighted by Crippen LogP contribution is -2.53. The summed E-state index contributed by atoms with van der Waals surface area (Å²) >= 11 is 0. The zero-order valence-electron chi connectivity index (χ0n) is 15.3. The molecule has 0 bridgehead atoms. The van der Waals surface area contributed by atoms with Crippen LogP contribution in [0.5, 0.6) is 0 Å². The third-order valence-electron chi connectivity index (χ3n) is 4.63. The molecule has 1 aromatic rings. The van der Waals surface area contributed by atoms with Gasteiger partial charge in [0.15, 0.2) is 0 Å². The highest BCUT2D eigenvalue weighted by Gasteiger charge is 2.32. The Morgan fingerprint density at radius 2 is 1.81 bits per heavy atom. The fraction of sp³-hybridized carbons (Fsp3) is 0.526. The Labute approximate surface area is 153 Å². The zero-order valence-corrected chi connectivity index (χ0v) is 15.3. The molecule has 7 heteroatoms. The van der Waals surface area contributed by atoms with Crippen LogP contribution in [-0.4, -0.2) is 41.9 Å². The molecule has 1 aromatic carbocycles. The predicted octanol–water partition coefficient (Wildman–Crippen LogP) is 1.66. The Bertz CT molecular complexity index is 625. The summed E-state index contributed by atoms with van der Waals surface area (Å²) in [5.74, 6) is -0.735. The maximum absolute atomic E-state index is 12.8. The van der Waals surface area contributed by atoms with E-state index < -0.39 is 12.1 Å². The molecule has 1 saturated heterocycles. The molecule has 1 aliphatic rings. The molecule has 0 aromatic heterocycles. The number of nitrogens with one attached hydrogen (secondary N) is 1. The van der Waals surface area contributed by atoms with E-state index in [1.54, 1.807) is 4.90 Å². The number of hydrogen-bond donors (Lipinski definition) is 2. The Hall–Kier alpha value is -2.57. The first-order valence-electron chi connectivity index (χ1n) is 8.93. The maximum Gasteiger partial charge on any atom is 0.408 e. The fourth-order valence-corrected chi connectivity index (χ4v) is 2.99. The first-order valence-corrected chi connectivity index (χ1v) is 8.93. The van der Waals surface area contributed by atoms with Gasteiger partial charge in [-0.25, -0.2) is 4.79 Å². The molecule has 3 N–H and O–H groups in total. The topological polar surface area (TPSA) is 102 Å². The third kappa shape index (κ3) is 5.47. The molecule has 1 heterocycles. The molecular weight excluding hydrogens is 334 g/mol. The summed E-state index contributed by atoms with van der Waals surface area (Å²) in [6, 6.07) is 8.68. The number of nitrogens with zero attached hydrogens (tertiary/aromatic N) is 1. The summed E-state index contributed by atoms with van der Waals surface area (Å²) in [7, 11) is 0.